The van der Waals surface area contributed by atoms with Crippen LogP contribution in [0.15, 0.2) is 36.5 Å². The maximum Gasteiger partial charge on any atom is 0.255 e. The molecule has 0 aliphatic heterocycles. The second kappa shape index (κ2) is 5.23. The van der Waals surface area contributed by atoms with Crippen LogP contribution in [0.2, 0.25) is 5.02 Å². The Morgan fingerprint density at radius 3 is 2.72 bits per heavy atom. The minimum Gasteiger partial charge on any atom is -0.436 e. The van der Waals surface area contributed by atoms with Crippen LogP contribution < -0.4 is 9.64 Å². The van der Waals surface area contributed by atoms with Crippen molar-refractivity contribution in [2.75, 3.05) is 19.0 Å². The van der Waals surface area contributed by atoms with Gasteiger partial charge in [0.05, 0.1) is 5.02 Å². The van der Waals surface area contributed by atoms with E-state index >= 15 is 0 Å². The van der Waals surface area contributed by atoms with Gasteiger partial charge in [-0.2, -0.15) is 0 Å². The van der Waals surface area contributed by atoms with Crippen LogP contribution in [0.1, 0.15) is 0 Å². The van der Waals surface area contributed by atoms with Gasteiger partial charge in [0.1, 0.15) is 5.75 Å². The summed E-state index contributed by atoms with van der Waals surface area (Å²) in [5.41, 5.74) is 0.960. The second-order valence-corrected chi connectivity index (χ2v) is 4.37. The number of benzene rings is 1. The molecule has 0 atom stereocenters. The van der Waals surface area contributed by atoms with Gasteiger partial charge in [-0.25, -0.2) is 9.37 Å². The van der Waals surface area contributed by atoms with Crippen LogP contribution in [0.25, 0.3) is 0 Å². The van der Waals surface area contributed by atoms with Crippen molar-refractivity contribution in [3.8, 4) is 11.6 Å². The normalized spacial score (nSPS) is 10.2. The van der Waals surface area contributed by atoms with Crippen LogP contribution in [-0.4, -0.2) is 19.1 Å². The van der Waals surface area contributed by atoms with Gasteiger partial charge in [-0.1, -0.05) is 17.7 Å². The van der Waals surface area contributed by atoms with Crippen LogP contribution in [-0.2, 0) is 0 Å². The molecule has 1 heterocycles. The quantitative estimate of drug-likeness (QED) is 0.846. The van der Waals surface area contributed by atoms with Crippen LogP contribution >= 0.6 is 11.6 Å². The summed E-state index contributed by atoms with van der Waals surface area (Å²) in [7, 11) is 3.83. The van der Waals surface area contributed by atoms with E-state index in [1.54, 1.807) is 12.1 Å². The molecule has 0 aliphatic carbocycles. The smallest absolute Gasteiger partial charge is 0.255 e. The van der Waals surface area contributed by atoms with Crippen molar-refractivity contribution in [3.05, 3.63) is 47.4 Å². The van der Waals surface area contributed by atoms with Crippen molar-refractivity contribution >= 4 is 17.3 Å². The summed E-state index contributed by atoms with van der Waals surface area (Å²) in [6, 6.07) is 8.47. The van der Waals surface area contributed by atoms with Crippen molar-refractivity contribution in [3.63, 3.8) is 0 Å². The molecule has 0 spiro atoms. The van der Waals surface area contributed by atoms with Crippen LogP contribution in [0.5, 0.6) is 11.6 Å². The number of nitrogens with zero attached hydrogens (tertiary/aromatic N) is 2. The zero-order valence-corrected chi connectivity index (χ0v) is 10.8. The van der Waals surface area contributed by atoms with Gasteiger partial charge in [0, 0.05) is 32.0 Å². The number of aromatic nitrogens is 1. The van der Waals surface area contributed by atoms with Crippen molar-refractivity contribution in [1.29, 1.82) is 0 Å². The largest absolute Gasteiger partial charge is 0.436 e. The van der Waals surface area contributed by atoms with Crippen molar-refractivity contribution in [1.82, 2.24) is 4.98 Å². The van der Waals surface area contributed by atoms with E-state index < -0.39 is 5.82 Å². The highest BCUT2D eigenvalue weighted by atomic mass is 35.5. The van der Waals surface area contributed by atoms with E-state index in [0.29, 0.717) is 5.75 Å². The average molecular weight is 267 g/mol. The lowest BCUT2D eigenvalue weighted by molar-refractivity contribution is 0.423. The first kappa shape index (κ1) is 12.6. The van der Waals surface area contributed by atoms with Gasteiger partial charge in [0.15, 0.2) is 5.82 Å². The Morgan fingerprint density at radius 1 is 1.28 bits per heavy atom. The topological polar surface area (TPSA) is 25.4 Å². The molecule has 0 aliphatic rings. The fraction of sp³-hybridized carbons (Fsp3) is 0.154. The molecule has 2 aromatic rings. The Balaban J connectivity index is 2.25. The highest BCUT2D eigenvalue weighted by Gasteiger charge is 2.08. The Labute approximate surface area is 110 Å². The van der Waals surface area contributed by atoms with Gasteiger partial charge < -0.3 is 9.64 Å². The molecule has 0 fully saturated rings. The summed E-state index contributed by atoms with van der Waals surface area (Å²) in [5, 5.41) is 0.238. The molecule has 0 saturated heterocycles. The van der Waals surface area contributed by atoms with Crippen LogP contribution in [0.4, 0.5) is 10.1 Å². The summed E-state index contributed by atoms with van der Waals surface area (Å²) in [4.78, 5) is 5.73. The molecular formula is C13H12ClFN2O. The first-order valence-corrected chi connectivity index (χ1v) is 5.70. The number of ether oxygens (including phenoxy) is 1. The lowest BCUT2D eigenvalue weighted by atomic mass is 10.3. The van der Waals surface area contributed by atoms with E-state index in [9.17, 15) is 4.39 Å². The third-order valence-corrected chi connectivity index (χ3v) is 2.53. The standard InChI is InChI=1S/C13H12ClFN2O/c1-17(2)10-4-3-5-11(7-10)18-13-12(15)6-9(14)8-16-13/h3-8H,1-2H3. The molecule has 0 bridgehead atoms. The highest BCUT2D eigenvalue weighted by molar-refractivity contribution is 6.30. The molecule has 0 unspecified atom stereocenters. The van der Waals surface area contributed by atoms with E-state index in [4.69, 9.17) is 16.3 Å². The number of halogens is 2. The number of anilines is 1. The van der Waals surface area contributed by atoms with Gasteiger partial charge in [-0.15, -0.1) is 0 Å². The molecule has 3 nitrogen and oxygen atoms in total. The van der Waals surface area contributed by atoms with Crippen molar-refractivity contribution in [2.24, 2.45) is 0 Å². The molecule has 1 aromatic heterocycles. The SMILES string of the molecule is CN(C)c1cccc(Oc2ncc(Cl)cc2F)c1. The Kier molecular flexibility index (Phi) is 3.67. The van der Waals surface area contributed by atoms with E-state index in [1.165, 1.54) is 12.3 Å². The molecule has 18 heavy (non-hydrogen) atoms. The number of hydrogen-bond donors (Lipinski definition) is 0. The van der Waals surface area contributed by atoms with E-state index in [0.717, 1.165) is 5.69 Å². The van der Waals surface area contributed by atoms with Gasteiger partial charge >= 0.3 is 0 Å². The highest BCUT2D eigenvalue weighted by Crippen LogP contribution is 2.26. The molecule has 5 heteroatoms. The fourth-order valence-electron chi connectivity index (χ4n) is 1.41. The minimum atomic E-state index is -0.585. The molecular weight excluding hydrogens is 255 g/mol. The summed E-state index contributed by atoms with van der Waals surface area (Å²) >= 11 is 5.62. The summed E-state index contributed by atoms with van der Waals surface area (Å²) in [6.45, 7) is 0. The predicted octanol–water partition coefficient (Wildman–Crippen LogP) is 3.73. The minimum absolute atomic E-state index is 0.0877. The summed E-state index contributed by atoms with van der Waals surface area (Å²) in [6.07, 6.45) is 1.34. The van der Waals surface area contributed by atoms with E-state index in [1.807, 2.05) is 31.1 Å². The molecule has 0 amide bonds. The monoisotopic (exact) mass is 266 g/mol. The van der Waals surface area contributed by atoms with E-state index in [-0.39, 0.29) is 10.9 Å². The van der Waals surface area contributed by atoms with Gasteiger partial charge in [0.25, 0.3) is 5.88 Å². The third-order valence-electron chi connectivity index (χ3n) is 2.32. The van der Waals surface area contributed by atoms with Gasteiger partial charge in [-0.3, -0.25) is 0 Å². The lowest BCUT2D eigenvalue weighted by Crippen LogP contribution is -2.08. The lowest BCUT2D eigenvalue weighted by Gasteiger charge is -2.13. The number of rotatable bonds is 3. The Morgan fingerprint density at radius 2 is 2.06 bits per heavy atom. The molecule has 0 saturated carbocycles. The third kappa shape index (κ3) is 2.90. The van der Waals surface area contributed by atoms with E-state index in [2.05, 4.69) is 4.98 Å². The molecule has 0 radical (unpaired) electrons. The summed E-state index contributed by atoms with van der Waals surface area (Å²) in [5.74, 6) is -0.150. The summed E-state index contributed by atoms with van der Waals surface area (Å²) < 4.78 is 18.9. The second-order valence-electron chi connectivity index (χ2n) is 3.93. The molecule has 1 aromatic carbocycles. The average Bonchev–Trinajstić information content (AvgIpc) is 2.33. The maximum atomic E-state index is 13.5. The fourth-order valence-corrected chi connectivity index (χ4v) is 1.56. The Bertz CT molecular complexity index is 560. The van der Waals surface area contributed by atoms with Crippen LogP contribution in [0, 0.1) is 5.82 Å². The number of pyridine rings is 1. The first-order valence-electron chi connectivity index (χ1n) is 5.32. The zero-order valence-electron chi connectivity index (χ0n) is 10.0. The Hall–Kier alpha value is -1.81. The van der Waals surface area contributed by atoms with Gasteiger partial charge in [0.2, 0.25) is 0 Å². The first-order chi connectivity index (χ1) is 8.56. The van der Waals surface area contributed by atoms with Crippen molar-refractivity contribution < 1.29 is 9.13 Å². The number of hydrogen-bond acceptors (Lipinski definition) is 3. The van der Waals surface area contributed by atoms with Gasteiger partial charge in [-0.05, 0) is 18.2 Å². The molecule has 2 rings (SSSR count). The molecule has 94 valence electrons. The predicted molar refractivity (Wildman–Crippen MR) is 70.0 cm³/mol. The molecule has 0 N–H and O–H groups in total. The van der Waals surface area contributed by atoms with Crippen molar-refractivity contribution in [2.45, 2.75) is 0 Å². The van der Waals surface area contributed by atoms with Crippen LogP contribution in [0.3, 0.4) is 0 Å². The maximum absolute atomic E-state index is 13.5. The zero-order chi connectivity index (χ0) is 13.1.